The standard InChI is InChI=1S/C9H18O4S/c1-7(2)8(3)14(10,11)13-9-4-5-12-6-9/h7-9H,4-6H2,1-3H3/t8?,9-/m1/s1. The van der Waals surface area contributed by atoms with Crippen LogP contribution in [0.5, 0.6) is 0 Å². The molecular weight excluding hydrogens is 204 g/mol. The van der Waals surface area contributed by atoms with Gasteiger partial charge < -0.3 is 4.74 Å². The number of rotatable bonds is 4. The first-order chi connectivity index (χ1) is 6.43. The Bertz CT molecular complexity index is 265. The van der Waals surface area contributed by atoms with Crippen molar-refractivity contribution in [1.29, 1.82) is 0 Å². The van der Waals surface area contributed by atoms with Crippen LogP contribution in [-0.2, 0) is 19.0 Å². The Morgan fingerprint density at radius 3 is 2.43 bits per heavy atom. The Morgan fingerprint density at radius 1 is 1.36 bits per heavy atom. The summed E-state index contributed by atoms with van der Waals surface area (Å²) in [5, 5.41) is -0.455. The lowest BCUT2D eigenvalue weighted by atomic mass is 10.2. The maximum atomic E-state index is 11.7. The average Bonchev–Trinajstić information content (AvgIpc) is 2.54. The third-order valence-electron chi connectivity index (χ3n) is 2.55. The molecule has 0 aliphatic carbocycles. The highest BCUT2D eigenvalue weighted by Gasteiger charge is 2.30. The fraction of sp³-hybridized carbons (Fsp3) is 1.00. The van der Waals surface area contributed by atoms with E-state index in [4.69, 9.17) is 8.92 Å². The van der Waals surface area contributed by atoms with Gasteiger partial charge in [0.1, 0.15) is 6.10 Å². The van der Waals surface area contributed by atoms with E-state index in [9.17, 15) is 8.42 Å². The minimum atomic E-state index is -3.42. The van der Waals surface area contributed by atoms with Gasteiger partial charge in [-0.2, -0.15) is 8.42 Å². The second kappa shape index (κ2) is 4.59. The van der Waals surface area contributed by atoms with Gasteiger partial charge in [0.05, 0.1) is 11.9 Å². The molecule has 14 heavy (non-hydrogen) atoms. The normalized spacial score (nSPS) is 25.6. The van der Waals surface area contributed by atoms with Crippen LogP contribution in [0.2, 0.25) is 0 Å². The fourth-order valence-corrected chi connectivity index (χ4v) is 2.57. The van der Waals surface area contributed by atoms with Gasteiger partial charge in [-0.05, 0) is 12.8 Å². The van der Waals surface area contributed by atoms with Gasteiger partial charge in [0.2, 0.25) is 0 Å². The zero-order chi connectivity index (χ0) is 10.8. The average molecular weight is 222 g/mol. The maximum absolute atomic E-state index is 11.7. The van der Waals surface area contributed by atoms with Crippen molar-refractivity contribution in [3.8, 4) is 0 Å². The molecule has 2 atom stereocenters. The highest BCUT2D eigenvalue weighted by atomic mass is 32.2. The van der Waals surface area contributed by atoms with E-state index in [1.165, 1.54) is 0 Å². The van der Waals surface area contributed by atoms with Crippen LogP contribution in [0.3, 0.4) is 0 Å². The van der Waals surface area contributed by atoms with Crippen molar-refractivity contribution < 1.29 is 17.3 Å². The molecule has 5 heteroatoms. The highest BCUT2D eigenvalue weighted by molar-refractivity contribution is 7.87. The van der Waals surface area contributed by atoms with E-state index >= 15 is 0 Å². The molecule has 0 aromatic rings. The largest absolute Gasteiger partial charge is 0.379 e. The molecular formula is C9H18O4S. The summed E-state index contributed by atoms with van der Waals surface area (Å²) in [4.78, 5) is 0. The lowest BCUT2D eigenvalue weighted by molar-refractivity contribution is 0.143. The molecule has 0 amide bonds. The monoisotopic (exact) mass is 222 g/mol. The van der Waals surface area contributed by atoms with Crippen molar-refractivity contribution >= 4 is 10.1 Å². The van der Waals surface area contributed by atoms with Gasteiger partial charge in [0.15, 0.2) is 0 Å². The minimum Gasteiger partial charge on any atom is -0.379 e. The number of hydrogen-bond acceptors (Lipinski definition) is 4. The van der Waals surface area contributed by atoms with Gasteiger partial charge in [-0.25, -0.2) is 0 Å². The van der Waals surface area contributed by atoms with Gasteiger partial charge >= 0.3 is 0 Å². The number of ether oxygens (including phenoxy) is 1. The SMILES string of the molecule is CC(C)C(C)S(=O)(=O)O[C@@H]1CCOC1. The Labute approximate surface area is 85.7 Å². The molecule has 1 aliphatic rings. The molecule has 1 rings (SSSR count). The minimum absolute atomic E-state index is 0.0716. The molecule has 1 fully saturated rings. The summed E-state index contributed by atoms with van der Waals surface area (Å²) in [5.74, 6) is 0.0716. The first-order valence-corrected chi connectivity index (χ1v) is 6.40. The Morgan fingerprint density at radius 2 is 2.00 bits per heavy atom. The quantitative estimate of drug-likeness (QED) is 0.670. The molecule has 0 N–H and O–H groups in total. The highest BCUT2D eigenvalue weighted by Crippen LogP contribution is 2.18. The summed E-state index contributed by atoms with van der Waals surface area (Å²) in [7, 11) is -3.42. The predicted octanol–water partition coefficient (Wildman–Crippen LogP) is 1.17. The molecule has 0 aromatic heterocycles. The smallest absolute Gasteiger partial charge is 0.270 e. The van der Waals surface area contributed by atoms with Crippen LogP contribution in [0.4, 0.5) is 0 Å². The summed E-state index contributed by atoms with van der Waals surface area (Å²) < 4.78 is 33.4. The van der Waals surface area contributed by atoms with Crippen molar-refractivity contribution in [3.63, 3.8) is 0 Å². The van der Waals surface area contributed by atoms with Crippen molar-refractivity contribution in [2.45, 2.75) is 38.5 Å². The van der Waals surface area contributed by atoms with E-state index in [1.54, 1.807) is 6.92 Å². The van der Waals surface area contributed by atoms with Gasteiger partial charge in [-0.15, -0.1) is 0 Å². The van der Waals surface area contributed by atoms with Crippen LogP contribution >= 0.6 is 0 Å². The molecule has 0 saturated carbocycles. The van der Waals surface area contributed by atoms with E-state index in [0.717, 1.165) is 0 Å². The van der Waals surface area contributed by atoms with E-state index in [-0.39, 0.29) is 12.0 Å². The lowest BCUT2D eigenvalue weighted by Crippen LogP contribution is -2.29. The molecule has 1 saturated heterocycles. The Balaban J connectivity index is 2.56. The summed E-state index contributed by atoms with van der Waals surface area (Å²) in [5.41, 5.74) is 0. The van der Waals surface area contributed by atoms with Gasteiger partial charge in [-0.1, -0.05) is 13.8 Å². The van der Waals surface area contributed by atoms with Crippen LogP contribution in [0, 0.1) is 5.92 Å². The molecule has 0 aromatic carbocycles. The Kier molecular flexibility index (Phi) is 3.92. The van der Waals surface area contributed by atoms with Crippen LogP contribution in [0.15, 0.2) is 0 Å². The van der Waals surface area contributed by atoms with Crippen molar-refractivity contribution in [1.82, 2.24) is 0 Å². The van der Waals surface area contributed by atoms with Crippen LogP contribution in [-0.4, -0.2) is 33.0 Å². The molecule has 1 heterocycles. The van der Waals surface area contributed by atoms with Crippen molar-refractivity contribution in [3.05, 3.63) is 0 Å². The van der Waals surface area contributed by atoms with E-state index in [0.29, 0.717) is 19.6 Å². The van der Waals surface area contributed by atoms with Crippen LogP contribution < -0.4 is 0 Å². The zero-order valence-corrected chi connectivity index (χ0v) is 9.71. The van der Waals surface area contributed by atoms with E-state index in [1.807, 2.05) is 13.8 Å². The molecule has 0 radical (unpaired) electrons. The molecule has 0 spiro atoms. The third-order valence-corrected chi connectivity index (χ3v) is 4.55. The summed E-state index contributed by atoms with van der Waals surface area (Å²) in [6, 6.07) is 0. The maximum Gasteiger partial charge on any atom is 0.270 e. The van der Waals surface area contributed by atoms with Gasteiger partial charge in [0, 0.05) is 13.0 Å². The van der Waals surface area contributed by atoms with Crippen LogP contribution in [0.25, 0.3) is 0 Å². The zero-order valence-electron chi connectivity index (χ0n) is 8.89. The van der Waals surface area contributed by atoms with Crippen LogP contribution in [0.1, 0.15) is 27.2 Å². The summed E-state index contributed by atoms with van der Waals surface area (Å²) >= 11 is 0. The lowest BCUT2D eigenvalue weighted by Gasteiger charge is -2.18. The van der Waals surface area contributed by atoms with E-state index in [2.05, 4.69) is 0 Å². The molecule has 1 unspecified atom stereocenters. The topological polar surface area (TPSA) is 52.6 Å². The fourth-order valence-electron chi connectivity index (χ4n) is 1.20. The number of hydrogen-bond donors (Lipinski definition) is 0. The van der Waals surface area contributed by atoms with Crippen molar-refractivity contribution in [2.75, 3.05) is 13.2 Å². The molecule has 1 aliphatic heterocycles. The Hall–Kier alpha value is -0.130. The van der Waals surface area contributed by atoms with Crippen molar-refractivity contribution in [2.24, 2.45) is 5.92 Å². The molecule has 84 valence electrons. The molecule has 4 nitrogen and oxygen atoms in total. The second-order valence-corrected chi connectivity index (χ2v) is 5.95. The predicted molar refractivity (Wildman–Crippen MR) is 53.5 cm³/mol. The molecule has 0 bridgehead atoms. The van der Waals surface area contributed by atoms with E-state index < -0.39 is 15.4 Å². The van der Waals surface area contributed by atoms with Gasteiger partial charge in [0.25, 0.3) is 10.1 Å². The first-order valence-electron chi connectivity index (χ1n) is 4.93. The summed E-state index contributed by atoms with van der Waals surface area (Å²) in [6.07, 6.45) is 0.394. The third kappa shape index (κ3) is 2.93. The second-order valence-electron chi connectivity index (χ2n) is 4.02. The first kappa shape index (κ1) is 11.9. The summed E-state index contributed by atoms with van der Waals surface area (Å²) in [6.45, 7) is 6.41. The van der Waals surface area contributed by atoms with Gasteiger partial charge in [-0.3, -0.25) is 4.18 Å².